The van der Waals surface area contributed by atoms with Crippen LogP contribution in [0.5, 0.6) is 0 Å². The second-order valence-corrected chi connectivity index (χ2v) is 11.3. The van der Waals surface area contributed by atoms with E-state index in [4.69, 9.17) is 23.2 Å². The Morgan fingerprint density at radius 2 is 1.93 bits per heavy atom. The Hall–Kier alpha value is -1.16. The molecule has 2 aromatic rings. The molecule has 164 valence electrons. The fourth-order valence-corrected chi connectivity index (χ4v) is 6.16. The van der Waals surface area contributed by atoms with E-state index in [2.05, 4.69) is 10.2 Å². The van der Waals surface area contributed by atoms with Crippen molar-refractivity contribution in [1.29, 1.82) is 0 Å². The van der Waals surface area contributed by atoms with Gasteiger partial charge in [-0.25, -0.2) is 8.42 Å². The lowest BCUT2D eigenvalue weighted by molar-refractivity contribution is -0.116. The molecule has 3 rings (SSSR count). The van der Waals surface area contributed by atoms with E-state index in [1.54, 1.807) is 0 Å². The van der Waals surface area contributed by atoms with E-state index in [1.165, 1.54) is 33.8 Å². The van der Waals surface area contributed by atoms with Crippen molar-refractivity contribution in [2.45, 2.75) is 37.6 Å². The zero-order valence-electron chi connectivity index (χ0n) is 16.7. The number of carbonyl (C=O) groups excluding carboxylic acids is 1. The number of benzene rings is 1. The standard InChI is InChI=1S/C20H25Cl2N3O3S2/c1-2-24(14-15-5-8-19(22)29-15)12-9-20(26)23-18-13-16(6-7-17(18)21)30(27,28)25-10-3-4-11-25/h5-8,13H,2-4,9-12,14H2,1H3,(H,23,26). The van der Waals surface area contributed by atoms with Crippen molar-refractivity contribution in [2.75, 3.05) is 31.5 Å². The highest BCUT2D eigenvalue weighted by Gasteiger charge is 2.27. The molecule has 6 nitrogen and oxygen atoms in total. The van der Waals surface area contributed by atoms with Crippen LogP contribution >= 0.6 is 34.5 Å². The van der Waals surface area contributed by atoms with Gasteiger partial charge in [-0.05, 0) is 49.7 Å². The maximum atomic E-state index is 12.8. The van der Waals surface area contributed by atoms with Crippen LogP contribution in [0.1, 0.15) is 31.1 Å². The van der Waals surface area contributed by atoms with Crippen LogP contribution in [-0.2, 0) is 21.4 Å². The summed E-state index contributed by atoms with van der Waals surface area (Å²) in [5, 5.41) is 3.07. The lowest BCUT2D eigenvalue weighted by atomic mass is 10.3. The Balaban J connectivity index is 1.61. The van der Waals surface area contributed by atoms with Crippen LogP contribution in [0.25, 0.3) is 0 Å². The average Bonchev–Trinajstić information content (AvgIpc) is 3.39. The molecule has 0 radical (unpaired) electrons. The molecule has 1 saturated heterocycles. The molecule has 1 N–H and O–H groups in total. The van der Waals surface area contributed by atoms with E-state index in [9.17, 15) is 13.2 Å². The number of hydrogen-bond acceptors (Lipinski definition) is 5. The zero-order valence-corrected chi connectivity index (χ0v) is 19.9. The lowest BCUT2D eigenvalue weighted by Crippen LogP contribution is -2.28. The van der Waals surface area contributed by atoms with Gasteiger partial charge in [-0.1, -0.05) is 30.1 Å². The summed E-state index contributed by atoms with van der Waals surface area (Å²) in [4.78, 5) is 15.9. The Bertz CT molecular complexity index is 989. The second kappa shape index (κ2) is 10.4. The summed E-state index contributed by atoms with van der Waals surface area (Å²) in [6.07, 6.45) is 2.00. The van der Waals surface area contributed by atoms with Crippen LogP contribution in [0.4, 0.5) is 5.69 Å². The fraction of sp³-hybridized carbons (Fsp3) is 0.450. The van der Waals surface area contributed by atoms with Gasteiger partial charge in [0.25, 0.3) is 0 Å². The molecule has 0 unspecified atom stereocenters. The summed E-state index contributed by atoms with van der Waals surface area (Å²) in [7, 11) is -3.57. The number of nitrogens with zero attached hydrogens (tertiary/aromatic N) is 2. The van der Waals surface area contributed by atoms with E-state index < -0.39 is 10.0 Å². The maximum absolute atomic E-state index is 12.8. The molecule has 2 heterocycles. The van der Waals surface area contributed by atoms with Gasteiger partial charge in [0.05, 0.1) is 19.9 Å². The number of hydrogen-bond donors (Lipinski definition) is 1. The molecule has 1 aromatic heterocycles. The number of nitrogens with one attached hydrogen (secondary N) is 1. The number of carbonyl (C=O) groups is 1. The topological polar surface area (TPSA) is 69.7 Å². The largest absolute Gasteiger partial charge is 0.325 e. The third kappa shape index (κ3) is 5.96. The molecular formula is C20H25Cl2N3O3S2. The maximum Gasteiger partial charge on any atom is 0.243 e. The summed E-state index contributed by atoms with van der Waals surface area (Å²) >= 11 is 13.7. The predicted molar refractivity (Wildman–Crippen MR) is 123 cm³/mol. The van der Waals surface area contributed by atoms with Gasteiger partial charge in [-0.3, -0.25) is 9.69 Å². The first-order chi connectivity index (χ1) is 14.3. The Morgan fingerprint density at radius 3 is 2.57 bits per heavy atom. The van der Waals surface area contributed by atoms with Gasteiger partial charge in [-0.15, -0.1) is 11.3 Å². The van der Waals surface area contributed by atoms with Crippen LogP contribution < -0.4 is 5.32 Å². The first-order valence-corrected chi connectivity index (χ1v) is 12.9. The van der Waals surface area contributed by atoms with E-state index in [0.717, 1.165) is 35.1 Å². The molecule has 1 aromatic carbocycles. The quantitative estimate of drug-likeness (QED) is 0.554. The fourth-order valence-electron chi connectivity index (χ4n) is 3.32. The van der Waals surface area contributed by atoms with E-state index in [-0.39, 0.29) is 17.2 Å². The molecule has 1 aliphatic heterocycles. The number of anilines is 1. The lowest BCUT2D eigenvalue weighted by Gasteiger charge is -2.19. The van der Waals surface area contributed by atoms with Crippen LogP contribution in [0.3, 0.4) is 0 Å². The first kappa shape index (κ1) is 23.5. The van der Waals surface area contributed by atoms with Crippen molar-refractivity contribution in [3.63, 3.8) is 0 Å². The predicted octanol–water partition coefficient (Wildman–Crippen LogP) is 4.69. The number of rotatable bonds is 9. The summed E-state index contributed by atoms with van der Waals surface area (Å²) in [6.45, 7) is 5.18. The molecule has 10 heteroatoms. The zero-order chi connectivity index (χ0) is 21.7. The summed E-state index contributed by atoms with van der Waals surface area (Å²) in [6, 6.07) is 8.30. The summed E-state index contributed by atoms with van der Waals surface area (Å²) in [5.41, 5.74) is 0.315. The van der Waals surface area contributed by atoms with Gasteiger partial charge in [0.1, 0.15) is 0 Å². The number of sulfonamides is 1. The van der Waals surface area contributed by atoms with Crippen molar-refractivity contribution in [2.24, 2.45) is 0 Å². The number of thiophene rings is 1. The van der Waals surface area contributed by atoms with Crippen molar-refractivity contribution in [1.82, 2.24) is 9.21 Å². The molecule has 0 saturated carbocycles. The average molecular weight is 490 g/mol. The minimum absolute atomic E-state index is 0.147. The van der Waals surface area contributed by atoms with Crippen LogP contribution in [0, 0.1) is 0 Å². The van der Waals surface area contributed by atoms with Crippen molar-refractivity contribution in [3.8, 4) is 0 Å². The minimum Gasteiger partial charge on any atom is -0.325 e. The summed E-state index contributed by atoms with van der Waals surface area (Å²) < 4.78 is 27.8. The normalized spacial score (nSPS) is 15.1. The van der Waals surface area contributed by atoms with Crippen LogP contribution in [0.15, 0.2) is 35.2 Å². The van der Waals surface area contributed by atoms with Crippen LogP contribution in [0.2, 0.25) is 9.36 Å². The Labute approximate surface area is 191 Å². The van der Waals surface area contributed by atoms with Crippen molar-refractivity contribution < 1.29 is 13.2 Å². The smallest absolute Gasteiger partial charge is 0.243 e. The minimum atomic E-state index is -3.57. The Morgan fingerprint density at radius 1 is 1.20 bits per heavy atom. The summed E-state index contributed by atoms with van der Waals surface area (Å²) in [5.74, 6) is -0.213. The van der Waals surface area contributed by atoms with Gasteiger partial charge < -0.3 is 5.32 Å². The molecule has 0 atom stereocenters. The third-order valence-corrected chi connectivity index (χ3v) is 8.47. The van der Waals surface area contributed by atoms with Gasteiger partial charge in [0.2, 0.25) is 15.9 Å². The van der Waals surface area contributed by atoms with Crippen molar-refractivity contribution >= 4 is 56.2 Å². The highest BCUT2D eigenvalue weighted by atomic mass is 35.5. The van der Waals surface area contributed by atoms with Crippen LogP contribution in [-0.4, -0.2) is 49.7 Å². The van der Waals surface area contributed by atoms with E-state index in [1.807, 2.05) is 19.1 Å². The molecule has 1 amide bonds. The highest BCUT2D eigenvalue weighted by Crippen LogP contribution is 2.28. The molecule has 0 bridgehead atoms. The molecular weight excluding hydrogens is 465 g/mol. The molecule has 30 heavy (non-hydrogen) atoms. The van der Waals surface area contributed by atoms with E-state index in [0.29, 0.717) is 30.3 Å². The van der Waals surface area contributed by atoms with Gasteiger partial charge in [0.15, 0.2) is 0 Å². The molecule has 0 aliphatic carbocycles. The molecule has 1 aliphatic rings. The first-order valence-electron chi connectivity index (χ1n) is 9.85. The third-order valence-electron chi connectivity index (χ3n) is 5.03. The SMILES string of the molecule is CCN(CCC(=O)Nc1cc(S(=O)(=O)N2CCCC2)ccc1Cl)Cc1ccc(Cl)s1. The highest BCUT2D eigenvalue weighted by molar-refractivity contribution is 7.89. The van der Waals surface area contributed by atoms with Gasteiger partial charge in [0, 0.05) is 37.5 Å². The van der Waals surface area contributed by atoms with Gasteiger partial charge >= 0.3 is 0 Å². The molecule has 0 spiro atoms. The second-order valence-electron chi connectivity index (χ2n) is 7.13. The molecule has 1 fully saturated rings. The van der Waals surface area contributed by atoms with Crippen molar-refractivity contribution in [3.05, 3.63) is 44.6 Å². The number of amides is 1. The Kier molecular flexibility index (Phi) is 8.17. The van der Waals surface area contributed by atoms with Gasteiger partial charge in [-0.2, -0.15) is 4.31 Å². The van der Waals surface area contributed by atoms with E-state index >= 15 is 0 Å². The number of halogens is 2. The monoisotopic (exact) mass is 489 g/mol.